The summed E-state index contributed by atoms with van der Waals surface area (Å²) >= 11 is 0. The van der Waals surface area contributed by atoms with Crippen LogP contribution >= 0.6 is 0 Å². The number of aliphatic hydroxyl groups excluding tert-OH is 1. The van der Waals surface area contributed by atoms with Crippen molar-refractivity contribution in [2.45, 2.75) is 31.9 Å². The summed E-state index contributed by atoms with van der Waals surface area (Å²) in [5.41, 5.74) is 0. The van der Waals surface area contributed by atoms with Gasteiger partial charge in [0.1, 0.15) is 0 Å². The molecule has 0 aromatic carbocycles. The Hall–Kier alpha value is -0.120. The minimum Gasteiger partial charge on any atom is -0.392 e. The molecule has 2 atom stereocenters. The Morgan fingerprint density at radius 3 is 2.13 bits per heavy atom. The van der Waals surface area contributed by atoms with Gasteiger partial charge in [-0.1, -0.05) is 6.92 Å². The number of likely N-dealkylation sites (tertiary alicyclic amines) is 2. The lowest BCUT2D eigenvalue weighted by Gasteiger charge is -2.49. The standard InChI is InChI=1S/C12H22N2O/c1-2-13-5-9-7-14(11-3-4-11)8-10(6-13)12(9)15/h9-12,15H,2-8H2,1H3. The Kier molecular flexibility index (Phi) is 2.49. The van der Waals surface area contributed by atoms with Crippen LogP contribution in [0, 0.1) is 11.8 Å². The van der Waals surface area contributed by atoms with Crippen LogP contribution in [0.5, 0.6) is 0 Å². The van der Waals surface area contributed by atoms with Crippen LogP contribution in [-0.2, 0) is 0 Å². The molecular formula is C12H22N2O. The molecule has 3 fully saturated rings. The van der Waals surface area contributed by atoms with Crippen molar-refractivity contribution in [1.29, 1.82) is 0 Å². The van der Waals surface area contributed by atoms with Gasteiger partial charge < -0.3 is 10.0 Å². The van der Waals surface area contributed by atoms with E-state index in [-0.39, 0.29) is 6.10 Å². The maximum absolute atomic E-state index is 10.2. The molecule has 3 heteroatoms. The molecule has 86 valence electrons. The lowest BCUT2D eigenvalue weighted by molar-refractivity contribution is -0.0787. The molecule has 3 aliphatic rings. The molecule has 2 heterocycles. The zero-order valence-corrected chi connectivity index (χ0v) is 9.60. The summed E-state index contributed by atoms with van der Waals surface area (Å²) in [6.07, 6.45) is 2.77. The smallest absolute Gasteiger partial charge is 0.0645 e. The first-order valence-electron chi connectivity index (χ1n) is 6.42. The molecule has 1 N–H and O–H groups in total. The van der Waals surface area contributed by atoms with Crippen molar-refractivity contribution in [3.63, 3.8) is 0 Å². The lowest BCUT2D eigenvalue weighted by Crippen LogP contribution is -2.60. The molecule has 0 radical (unpaired) electrons. The quantitative estimate of drug-likeness (QED) is 0.714. The molecule has 0 amide bonds. The van der Waals surface area contributed by atoms with Gasteiger partial charge in [0.05, 0.1) is 6.10 Å². The van der Waals surface area contributed by atoms with Gasteiger partial charge in [-0.15, -0.1) is 0 Å². The first kappa shape index (κ1) is 10.1. The molecule has 2 bridgehead atoms. The Morgan fingerprint density at radius 1 is 1.07 bits per heavy atom. The summed E-state index contributed by atoms with van der Waals surface area (Å²) in [5, 5.41) is 10.2. The number of nitrogens with zero attached hydrogens (tertiary/aromatic N) is 2. The molecule has 1 aliphatic carbocycles. The third-order valence-corrected chi connectivity index (χ3v) is 4.40. The molecule has 0 spiro atoms. The van der Waals surface area contributed by atoms with E-state index in [9.17, 15) is 5.11 Å². The van der Waals surface area contributed by atoms with Gasteiger partial charge in [-0.25, -0.2) is 0 Å². The zero-order valence-electron chi connectivity index (χ0n) is 9.60. The van der Waals surface area contributed by atoms with Crippen molar-refractivity contribution >= 4 is 0 Å². The Labute approximate surface area is 92.1 Å². The van der Waals surface area contributed by atoms with Gasteiger partial charge >= 0.3 is 0 Å². The van der Waals surface area contributed by atoms with E-state index in [4.69, 9.17) is 0 Å². The van der Waals surface area contributed by atoms with Crippen molar-refractivity contribution in [3.8, 4) is 0 Å². The number of hydrogen-bond donors (Lipinski definition) is 1. The summed E-state index contributed by atoms with van der Waals surface area (Å²) in [7, 11) is 0. The van der Waals surface area contributed by atoms with Gasteiger partial charge in [-0.3, -0.25) is 4.90 Å². The highest BCUT2D eigenvalue weighted by Gasteiger charge is 2.44. The summed E-state index contributed by atoms with van der Waals surface area (Å²) in [4.78, 5) is 5.14. The minimum absolute atomic E-state index is 0.0252. The van der Waals surface area contributed by atoms with Gasteiger partial charge in [0.2, 0.25) is 0 Å². The number of hydrogen-bond acceptors (Lipinski definition) is 3. The predicted octanol–water partition coefficient (Wildman–Crippen LogP) is 0.393. The van der Waals surface area contributed by atoms with E-state index in [0.29, 0.717) is 11.8 Å². The average molecular weight is 210 g/mol. The SMILES string of the molecule is CCN1CC2CN(C3CC3)CC(C1)C2O. The van der Waals surface area contributed by atoms with Crippen molar-refractivity contribution in [2.24, 2.45) is 11.8 Å². The second-order valence-corrected chi connectivity index (χ2v) is 5.55. The summed E-state index contributed by atoms with van der Waals surface area (Å²) < 4.78 is 0. The third kappa shape index (κ3) is 1.81. The third-order valence-electron chi connectivity index (χ3n) is 4.40. The largest absolute Gasteiger partial charge is 0.392 e. The summed E-state index contributed by atoms with van der Waals surface area (Å²) in [5.74, 6) is 1.02. The summed E-state index contributed by atoms with van der Waals surface area (Å²) in [6, 6.07) is 0.871. The van der Waals surface area contributed by atoms with Crippen LogP contribution in [0.25, 0.3) is 0 Å². The Bertz CT molecular complexity index is 226. The van der Waals surface area contributed by atoms with E-state index in [1.807, 2.05) is 0 Å². The highest BCUT2D eigenvalue weighted by Crippen LogP contribution is 2.35. The van der Waals surface area contributed by atoms with Crippen molar-refractivity contribution in [3.05, 3.63) is 0 Å². The molecule has 1 saturated carbocycles. The predicted molar refractivity (Wildman–Crippen MR) is 59.7 cm³/mol. The molecule has 3 rings (SSSR count). The van der Waals surface area contributed by atoms with E-state index in [0.717, 1.165) is 38.8 Å². The molecule has 2 unspecified atom stereocenters. The molecule has 2 saturated heterocycles. The van der Waals surface area contributed by atoms with Gasteiger partial charge in [0.25, 0.3) is 0 Å². The second-order valence-electron chi connectivity index (χ2n) is 5.55. The number of rotatable bonds is 2. The van der Waals surface area contributed by atoms with E-state index < -0.39 is 0 Å². The van der Waals surface area contributed by atoms with Crippen LogP contribution in [0.4, 0.5) is 0 Å². The Morgan fingerprint density at radius 2 is 1.67 bits per heavy atom. The van der Waals surface area contributed by atoms with E-state index in [1.54, 1.807) is 0 Å². The number of aliphatic hydroxyl groups is 1. The fourth-order valence-electron chi connectivity index (χ4n) is 3.34. The first-order valence-corrected chi connectivity index (χ1v) is 6.42. The van der Waals surface area contributed by atoms with E-state index in [1.165, 1.54) is 12.8 Å². The monoisotopic (exact) mass is 210 g/mol. The average Bonchev–Trinajstić information content (AvgIpc) is 3.00. The first-order chi connectivity index (χ1) is 7.28. The van der Waals surface area contributed by atoms with Gasteiger partial charge in [-0.05, 0) is 19.4 Å². The topological polar surface area (TPSA) is 26.7 Å². The summed E-state index contributed by atoms with van der Waals surface area (Å²) in [6.45, 7) is 7.86. The highest BCUT2D eigenvalue weighted by molar-refractivity contribution is 4.98. The molecule has 0 aromatic heterocycles. The maximum atomic E-state index is 10.2. The molecule has 15 heavy (non-hydrogen) atoms. The van der Waals surface area contributed by atoms with E-state index in [2.05, 4.69) is 16.7 Å². The van der Waals surface area contributed by atoms with Crippen LogP contribution in [-0.4, -0.2) is 59.8 Å². The minimum atomic E-state index is -0.0252. The molecule has 0 aromatic rings. The molecule has 3 nitrogen and oxygen atoms in total. The van der Waals surface area contributed by atoms with Gasteiger partial charge in [0, 0.05) is 44.1 Å². The number of piperidine rings is 2. The van der Waals surface area contributed by atoms with Crippen LogP contribution in [0.3, 0.4) is 0 Å². The van der Waals surface area contributed by atoms with Crippen molar-refractivity contribution in [2.75, 3.05) is 32.7 Å². The Balaban J connectivity index is 1.69. The van der Waals surface area contributed by atoms with Gasteiger partial charge in [-0.2, -0.15) is 0 Å². The van der Waals surface area contributed by atoms with Crippen molar-refractivity contribution < 1.29 is 5.11 Å². The zero-order chi connectivity index (χ0) is 10.4. The van der Waals surface area contributed by atoms with E-state index >= 15 is 0 Å². The normalized spacial score (nSPS) is 43.2. The number of fused-ring (bicyclic) bond motifs is 2. The van der Waals surface area contributed by atoms with Crippen LogP contribution in [0.2, 0.25) is 0 Å². The fourth-order valence-corrected chi connectivity index (χ4v) is 3.34. The molecule has 2 aliphatic heterocycles. The highest BCUT2D eigenvalue weighted by atomic mass is 16.3. The molecular weight excluding hydrogens is 188 g/mol. The van der Waals surface area contributed by atoms with Gasteiger partial charge in [0.15, 0.2) is 0 Å². The van der Waals surface area contributed by atoms with Crippen LogP contribution in [0.15, 0.2) is 0 Å². The van der Waals surface area contributed by atoms with Crippen LogP contribution < -0.4 is 0 Å². The van der Waals surface area contributed by atoms with Crippen LogP contribution in [0.1, 0.15) is 19.8 Å². The lowest BCUT2D eigenvalue weighted by atomic mass is 9.81. The maximum Gasteiger partial charge on any atom is 0.0645 e. The fraction of sp³-hybridized carbons (Fsp3) is 1.00. The van der Waals surface area contributed by atoms with Crippen molar-refractivity contribution in [1.82, 2.24) is 9.80 Å². The second kappa shape index (κ2) is 3.72.